The fraction of sp³-hybridized carbons (Fsp3) is 0.435. The third-order valence-electron chi connectivity index (χ3n) is 5.66. The number of rotatable bonds is 5. The second-order valence-corrected chi connectivity index (χ2v) is 7.51. The quantitative estimate of drug-likeness (QED) is 0.745. The number of anilines is 1. The van der Waals surface area contributed by atoms with Gasteiger partial charge in [0.25, 0.3) is 0 Å². The van der Waals surface area contributed by atoms with E-state index >= 15 is 0 Å². The highest BCUT2D eigenvalue weighted by molar-refractivity contribution is 5.97. The number of hydrogen-bond donors (Lipinski definition) is 0. The lowest BCUT2D eigenvalue weighted by molar-refractivity contribution is 0.101. The molecule has 1 aliphatic heterocycles. The van der Waals surface area contributed by atoms with E-state index in [1.165, 1.54) is 16.8 Å². The molecule has 0 amide bonds. The van der Waals surface area contributed by atoms with Crippen molar-refractivity contribution in [3.63, 3.8) is 0 Å². The van der Waals surface area contributed by atoms with Crippen molar-refractivity contribution in [1.29, 1.82) is 0 Å². The molecule has 0 spiro atoms. The van der Waals surface area contributed by atoms with Crippen LogP contribution in [0.15, 0.2) is 30.3 Å². The molecule has 1 fully saturated rings. The molecular weight excluding hydrogens is 336 g/mol. The van der Waals surface area contributed by atoms with E-state index in [1.807, 2.05) is 19.1 Å². The number of aryl methyl sites for hydroxylation is 2. The van der Waals surface area contributed by atoms with Crippen LogP contribution >= 0.6 is 0 Å². The molecule has 0 N–H and O–H groups in total. The topological polar surface area (TPSA) is 32.8 Å². The van der Waals surface area contributed by atoms with Gasteiger partial charge in [0.05, 0.1) is 7.11 Å². The third-order valence-corrected chi connectivity index (χ3v) is 5.66. The van der Waals surface area contributed by atoms with Crippen molar-refractivity contribution >= 4 is 11.5 Å². The highest BCUT2D eigenvalue weighted by Gasteiger charge is 2.21. The molecule has 0 unspecified atom stereocenters. The Hall–Kier alpha value is -2.33. The Morgan fingerprint density at radius 2 is 1.74 bits per heavy atom. The normalized spacial score (nSPS) is 15.1. The summed E-state index contributed by atoms with van der Waals surface area (Å²) in [5, 5.41) is 0. The van der Waals surface area contributed by atoms with E-state index < -0.39 is 0 Å². The van der Waals surface area contributed by atoms with E-state index in [4.69, 9.17) is 4.74 Å². The zero-order valence-electron chi connectivity index (χ0n) is 17.1. The lowest BCUT2D eigenvalue weighted by atomic mass is 9.91. The molecule has 2 aromatic rings. The molecule has 1 saturated heterocycles. The summed E-state index contributed by atoms with van der Waals surface area (Å²) in [6.45, 7) is 12.9. The minimum atomic E-state index is 0.161. The number of hydrogen-bond acceptors (Lipinski definition) is 4. The van der Waals surface area contributed by atoms with Crippen molar-refractivity contribution in [3.8, 4) is 5.75 Å². The molecule has 1 aliphatic rings. The number of carbonyl (C=O) groups excluding carboxylic acids is 1. The van der Waals surface area contributed by atoms with Gasteiger partial charge in [-0.1, -0.05) is 12.1 Å². The molecule has 0 radical (unpaired) electrons. The fourth-order valence-electron chi connectivity index (χ4n) is 4.21. The maximum absolute atomic E-state index is 12.1. The van der Waals surface area contributed by atoms with E-state index in [2.05, 4.69) is 41.8 Å². The van der Waals surface area contributed by atoms with Crippen LogP contribution in [0.1, 0.15) is 39.5 Å². The summed E-state index contributed by atoms with van der Waals surface area (Å²) < 4.78 is 5.35. The zero-order chi connectivity index (χ0) is 19.6. The van der Waals surface area contributed by atoms with Crippen molar-refractivity contribution in [2.75, 3.05) is 38.2 Å². The SMILES string of the molecule is COc1cccc(N2CCN(Cc3c(C)cc(C)c(C(C)=O)c3C)CC2)c1. The zero-order valence-corrected chi connectivity index (χ0v) is 17.1. The maximum atomic E-state index is 12.1. The minimum Gasteiger partial charge on any atom is -0.497 e. The number of ketones is 1. The van der Waals surface area contributed by atoms with Gasteiger partial charge in [-0.05, 0) is 62.1 Å². The van der Waals surface area contributed by atoms with E-state index in [-0.39, 0.29) is 5.78 Å². The molecule has 0 atom stereocenters. The smallest absolute Gasteiger partial charge is 0.160 e. The lowest BCUT2D eigenvalue weighted by Crippen LogP contribution is -2.46. The Balaban J connectivity index is 1.71. The average Bonchev–Trinajstić information content (AvgIpc) is 2.65. The van der Waals surface area contributed by atoms with Gasteiger partial charge in [-0.3, -0.25) is 9.69 Å². The van der Waals surface area contributed by atoms with Crippen LogP contribution in [0.3, 0.4) is 0 Å². The largest absolute Gasteiger partial charge is 0.497 e. The molecule has 0 bridgehead atoms. The third kappa shape index (κ3) is 4.16. The Morgan fingerprint density at radius 1 is 1.04 bits per heavy atom. The van der Waals surface area contributed by atoms with E-state index in [9.17, 15) is 4.79 Å². The molecule has 1 heterocycles. The van der Waals surface area contributed by atoms with E-state index in [0.717, 1.165) is 55.2 Å². The number of ether oxygens (including phenoxy) is 1. The Kier molecular flexibility index (Phi) is 5.85. The van der Waals surface area contributed by atoms with Crippen LogP contribution < -0.4 is 9.64 Å². The molecule has 4 nitrogen and oxygen atoms in total. The Labute approximate surface area is 162 Å². The van der Waals surface area contributed by atoms with Gasteiger partial charge in [0, 0.05) is 50.0 Å². The van der Waals surface area contributed by atoms with Crippen LogP contribution in [-0.2, 0) is 6.54 Å². The maximum Gasteiger partial charge on any atom is 0.160 e. The second-order valence-electron chi connectivity index (χ2n) is 7.51. The number of methoxy groups -OCH3 is 1. The highest BCUT2D eigenvalue weighted by atomic mass is 16.5. The van der Waals surface area contributed by atoms with Crippen molar-refractivity contribution < 1.29 is 9.53 Å². The summed E-state index contributed by atoms with van der Waals surface area (Å²) in [4.78, 5) is 17.0. The average molecular weight is 367 g/mol. The van der Waals surface area contributed by atoms with Crippen molar-refractivity contribution in [1.82, 2.24) is 4.90 Å². The molecule has 0 saturated carbocycles. The first kappa shape index (κ1) is 19.4. The molecule has 4 heteroatoms. The molecule has 0 aromatic heterocycles. The van der Waals surface area contributed by atoms with Gasteiger partial charge in [0.2, 0.25) is 0 Å². The predicted octanol–water partition coefficient (Wildman–Crippen LogP) is 4.15. The molecule has 3 rings (SSSR count). The molecule has 144 valence electrons. The summed E-state index contributed by atoms with van der Waals surface area (Å²) in [6.07, 6.45) is 0. The summed E-state index contributed by atoms with van der Waals surface area (Å²) in [7, 11) is 1.71. The molecular formula is C23H30N2O2. The van der Waals surface area contributed by atoms with E-state index in [0.29, 0.717) is 0 Å². The Bertz CT molecular complexity index is 837. The second kappa shape index (κ2) is 8.13. The number of benzene rings is 2. The number of piperazine rings is 1. The lowest BCUT2D eigenvalue weighted by Gasteiger charge is -2.36. The van der Waals surface area contributed by atoms with Crippen LogP contribution in [0.25, 0.3) is 0 Å². The van der Waals surface area contributed by atoms with Crippen LogP contribution in [0.2, 0.25) is 0 Å². The van der Waals surface area contributed by atoms with Crippen molar-refractivity contribution in [3.05, 3.63) is 58.1 Å². The van der Waals surface area contributed by atoms with Gasteiger partial charge in [-0.2, -0.15) is 0 Å². The van der Waals surface area contributed by atoms with Gasteiger partial charge in [0.1, 0.15) is 5.75 Å². The van der Waals surface area contributed by atoms with Crippen molar-refractivity contribution in [2.24, 2.45) is 0 Å². The number of nitrogens with zero attached hydrogens (tertiary/aromatic N) is 2. The first-order valence-corrected chi connectivity index (χ1v) is 9.62. The van der Waals surface area contributed by atoms with Crippen LogP contribution in [-0.4, -0.2) is 44.0 Å². The Morgan fingerprint density at radius 3 is 2.37 bits per heavy atom. The first-order chi connectivity index (χ1) is 12.9. The number of Topliss-reactive ketones (excluding diaryl/α,β-unsaturated/α-hetero) is 1. The summed E-state index contributed by atoms with van der Waals surface area (Å²) >= 11 is 0. The highest BCUT2D eigenvalue weighted by Crippen LogP contribution is 2.26. The summed E-state index contributed by atoms with van der Waals surface area (Å²) in [6, 6.07) is 10.4. The first-order valence-electron chi connectivity index (χ1n) is 9.62. The van der Waals surface area contributed by atoms with Crippen LogP contribution in [0, 0.1) is 20.8 Å². The fourth-order valence-corrected chi connectivity index (χ4v) is 4.21. The predicted molar refractivity (Wildman–Crippen MR) is 111 cm³/mol. The molecule has 2 aromatic carbocycles. The van der Waals surface area contributed by atoms with Crippen molar-refractivity contribution in [2.45, 2.75) is 34.2 Å². The van der Waals surface area contributed by atoms with Crippen LogP contribution in [0.5, 0.6) is 5.75 Å². The molecule has 0 aliphatic carbocycles. The number of carbonyl (C=O) groups is 1. The van der Waals surface area contributed by atoms with Gasteiger partial charge in [-0.25, -0.2) is 0 Å². The summed E-state index contributed by atoms with van der Waals surface area (Å²) in [5.41, 5.74) is 6.94. The minimum absolute atomic E-state index is 0.161. The van der Waals surface area contributed by atoms with E-state index in [1.54, 1.807) is 14.0 Å². The standard InChI is InChI=1S/C23H30N2O2/c1-16-13-17(2)23(19(4)26)18(3)22(16)15-24-9-11-25(12-10-24)20-7-6-8-21(14-20)27-5/h6-8,13-14H,9-12,15H2,1-5H3. The molecule has 27 heavy (non-hydrogen) atoms. The van der Waals surface area contributed by atoms with Gasteiger partial charge in [0.15, 0.2) is 5.78 Å². The van der Waals surface area contributed by atoms with Gasteiger partial charge >= 0.3 is 0 Å². The van der Waals surface area contributed by atoms with Crippen LogP contribution in [0.4, 0.5) is 5.69 Å². The monoisotopic (exact) mass is 366 g/mol. The van der Waals surface area contributed by atoms with Gasteiger partial charge < -0.3 is 9.64 Å². The summed E-state index contributed by atoms with van der Waals surface area (Å²) in [5.74, 6) is 1.06. The van der Waals surface area contributed by atoms with Gasteiger partial charge in [-0.15, -0.1) is 0 Å².